The molecule has 0 bridgehead atoms. The van der Waals surface area contributed by atoms with Crippen LogP contribution in [0, 0.1) is 0 Å². The van der Waals surface area contributed by atoms with Gasteiger partial charge in [-0.15, -0.1) is 0 Å². The van der Waals surface area contributed by atoms with Gasteiger partial charge in [0.1, 0.15) is 0 Å². The summed E-state index contributed by atoms with van der Waals surface area (Å²) in [5.41, 5.74) is 13.2. The molecule has 3 aromatic heterocycles. The predicted octanol–water partition coefficient (Wildman–Crippen LogP) is -0.267. The molecule has 1 unspecified atom stereocenters. The van der Waals surface area contributed by atoms with Crippen LogP contribution < -0.4 is 27.7 Å². The van der Waals surface area contributed by atoms with Gasteiger partial charge in [-0.3, -0.25) is 24.2 Å². The van der Waals surface area contributed by atoms with Crippen LogP contribution in [0.4, 0.5) is 11.6 Å². The summed E-state index contributed by atoms with van der Waals surface area (Å²) in [4.78, 5) is 70.4. The Hall–Kier alpha value is -5.18. The molecule has 3 heterocycles. The number of benzene rings is 1. The molecule has 0 aliphatic carbocycles. The molecule has 15 nitrogen and oxygen atoms in total. The van der Waals surface area contributed by atoms with Gasteiger partial charge in [0, 0.05) is 30.3 Å². The van der Waals surface area contributed by atoms with E-state index in [0.29, 0.717) is 17.1 Å². The Morgan fingerprint density at radius 2 is 1.85 bits per heavy atom. The van der Waals surface area contributed by atoms with Crippen molar-refractivity contribution in [1.82, 2.24) is 35.2 Å². The summed E-state index contributed by atoms with van der Waals surface area (Å²) in [5.74, 6) is -2.19. The van der Waals surface area contributed by atoms with Gasteiger partial charge in [0.25, 0.3) is 11.5 Å². The standard InChI is InChI=1S/C24H26N10O5/c25-16(7-14-8-27-11-30-14)20(37)17(5-6-18(35)36)32-22(38)12-1-3-13(4-2-12)28-9-15-10-29-21-19(31-15)23(39)34-24(26)33-21/h1-4,8,10-11,16-17,28H,5-7,9,25H2,(H,27,30)(H,32,38)(H,35,36)(H3,26,29,33,34,39)/t16?,17-/m0/s1. The number of rotatable bonds is 12. The molecule has 0 aliphatic rings. The molecule has 9 N–H and O–H groups in total. The van der Waals surface area contributed by atoms with Crippen molar-refractivity contribution >= 4 is 40.5 Å². The molecule has 0 saturated carbocycles. The molecule has 0 aliphatic heterocycles. The zero-order valence-electron chi connectivity index (χ0n) is 20.5. The van der Waals surface area contributed by atoms with E-state index in [9.17, 15) is 19.2 Å². The summed E-state index contributed by atoms with van der Waals surface area (Å²) < 4.78 is 0. The Balaban J connectivity index is 1.38. The highest BCUT2D eigenvalue weighted by molar-refractivity contribution is 5.99. The monoisotopic (exact) mass is 534 g/mol. The van der Waals surface area contributed by atoms with Crippen LogP contribution in [0.3, 0.4) is 0 Å². The second-order valence-electron chi connectivity index (χ2n) is 8.65. The third-order valence-corrected chi connectivity index (χ3v) is 5.75. The SMILES string of the molecule is Nc1nc2ncc(CNc3ccc(C(=O)N[C@@H](CCC(=O)O)C(=O)C(N)Cc4c[nH]cn4)cc3)nc2c(=O)[nH]1. The highest BCUT2D eigenvalue weighted by atomic mass is 16.4. The lowest BCUT2D eigenvalue weighted by atomic mass is 9.97. The number of H-pyrrole nitrogens is 2. The number of fused-ring (bicyclic) bond motifs is 1. The van der Waals surface area contributed by atoms with Crippen LogP contribution in [0.5, 0.6) is 0 Å². The molecule has 4 aromatic rings. The number of carbonyl (C=O) groups is 3. The average molecular weight is 535 g/mol. The number of aromatic amines is 2. The van der Waals surface area contributed by atoms with E-state index in [2.05, 4.69) is 40.5 Å². The largest absolute Gasteiger partial charge is 0.481 e. The number of carboxylic acid groups (broad SMARTS) is 1. The summed E-state index contributed by atoms with van der Waals surface area (Å²) >= 11 is 0. The molecule has 1 aromatic carbocycles. The van der Waals surface area contributed by atoms with E-state index in [1.807, 2.05) is 0 Å². The van der Waals surface area contributed by atoms with Gasteiger partial charge in [-0.05, 0) is 30.7 Å². The maximum atomic E-state index is 12.9. The molecule has 15 heteroatoms. The lowest BCUT2D eigenvalue weighted by Gasteiger charge is -2.20. The van der Waals surface area contributed by atoms with Gasteiger partial charge >= 0.3 is 5.97 Å². The third kappa shape index (κ3) is 6.98. The van der Waals surface area contributed by atoms with Crippen molar-refractivity contribution in [1.29, 1.82) is 0 Å². The highest BCUT2D eigenvalue weighted by Gasteiger charge is 2.27. The number of carboxylic acids is 1. The van der Waals surface area contributed by atoms with Crippen molar-refractivity contribution in [3.8, 4) is 0 Å². The van der Waals surface area contributed by atoms with E-state index in [0.717, 1.165) is 0 Å². The number of nitrogen functional groups attached to an aromatic ring is 1. The second-order valence-corrected chi connectivity index (χ2v) is 8.65. The van der Waals surface area contributed by atoms with Crippen LogP contribution in [0.15, 0.2) is 47.8 Å². The molecule has 0 radical (unpaired) electrons. The van der Waals surface area contributed by atoms with Gasteiger partial charge in [-0.25, -0.2) is 15.0 Å². The van der Waals surface area contributed by atoms with Crippen LogP contribution in [0.1, 0.15) is 34.6 Å². The van der Waals surface area contributed by atoms with Gasteiger partial charge < -0.3 is 32.2 Å². The topological polar surface area (TPSA) is 248 Å². The number of nitrogens with two attached hydrogens (primary N) is 2. The van der Waals surface area contributed by atoms with Crippen molar-refractivity contribution in [3.63, 3.8) is 0 Å². The average Bonchev–Trinajstić information content (AvgIpc) is 3.42. The van der Waals surface area contributed by atoms with Crippen molar-refractivity contribution in [3.05, 3.63) is 70.3 Å². The lowest BCUT2D eigenvalue weighted by molar-refractivity contribution is -0.137. The van der Waals surface area contributed by atoms with E-state index >= 15 is 0 Å². The number of aromatic nitrogens is 6. The summed E-state index contributed by atoms with van der Waals surface area (Å²) in [6, 6.07) is 4.33. The predicted molar refractivity (Wildman–Crippen MR) is 140 cm³/mol. The lowest BCUT2D eigenvalue weighted by Crippen LogP contribution is -2.49. The fraction of sp³-hybridized carbons (Fsp3) is 0.250. The van der Waals surface area contributed by atoms with Crippen LogP contribution in [0.2, 0.25) is 0 Å². The van der Waals surface area contributed by atoms with Gasteiger partial charge in [-0.2, -0.15) is 4.98 Å². The quantitative estimate of drug-likeness (QED) is 0.124. The van der Waals surface area contributed by atoms with Gasteiger partial charge in [0.05, 0.1) is 42.5 Å². The minimum Gasteiger partial charge on any atom is -0.481 e. The number of imidazole rings is 1. The molecular formula is C24H26N10O5. The van der Waals surface area contributed by atoms with Crippen LogP contribution >= 0.6 is 0 Å². The normalized spacial score (nSPS) is 12.5. The van der Waals surface area contributed by atoms with Crippen molar-refractivity contribution in [2.24, 2.45) is 5.73 Å². The summed E-state index contributed by atoms with van der Waals surface area (Å²) in [6.07, 6.45) is 4.25. The minimum absolute atomic E-state index is 0.0498. The Kier molecular flexibility index (Phi) is 8.21. The fourth-order valence-electron chi connectivity index (χ4n) is 3.77. The van der Waals surface area contributed by atoms with Crippen LogP contribution in [-0.4, -0.2) is 64.8 Å². The Labute approximate surface area is 220 Å². The van der Waals surface area contributed by atoms with Crippen molar-refractivity contribution in [2.45, 2.75) is 37.9 Å². The molecule has 0 spiro atoms. The van der Waals surface area contributed by atoms with Crippen molar-refractivity contribution < 1.29 is 19.5 Å². The molecule has 2 atom stereocenters. The first-order valence-electron chi connectivity index (χ1n) is 11.8. The van der Waals surface area contributed by atoms with E-state index in [1.165, 1.54) is 12.5 Å². The smallest absolute Gasteiger partial charge is 0.303 e. The number of nitrogens with zero attached hydrogens (tertiary/aromatic N) is 4. The first kappa shape index (κ1) is 26.9. The van der Waals surface area contributed by atoms with Gasteiger partial charge in [-0.1, -0.05) is 0 Å². The van der Waals surface area contributed by atoms with Crippen LogP contribution in [-0.2, 0) is 22.6 Å². The van der Waals surface area contributed by atoms with E-state index < -0.39 is 35.3 Å². The maximum Gasteiger partial charge on any atom is 0.303 e. The number of nitrogens with one attached hydrogen (secondary N) is 4. The Morgan fingerprint density at radius 3 is 2.54 bits per heavy atom. The Morgan fingerprint density at radius 1 is 1.08 bits per heavy atom. The zero-order valence-corrected chi connectivity index (χ0v) is 20.5. The van der Waals surface area contributed by atoms with Crippen molar-refractivity contribution in [2.75, 3.05) is 11.1 Å². The number of anilines is 2. The number of hydrogen-bond acceptors (Lipinski definition) is 11. The first-order chi connectivity index (χ1) is 18.7. The molecule has 202 valence electrons. The molecule has 0 saturated heterocycles. The summed E-state index contributed by atoms with van der Waals surface area (Å²) in [5, 5.41) is 14.8. The van der Waals surface area contributed by atoms with E-state index in [1.54, 1.807) is 30.5 Å². The van der Waals surface area contributed by atoms with Gasteiger partial charge in [0.2, 0.25) is 5.95 Å². The minimum atomic E-state index is -1.10. The number of amides is 1. The number of hydrogen-bond donors (Lipinski definition) is 7. The first-order valence-corrected chi connectivity index (χ1v) is 11.8. The summed E-state index contributed by atoms with van der Waals surface area (Å²) in [7, 11) is 0. The molecule has 1 amide bonds. The molecule has 0 fully saturated rings. The van der Waals surface area contributed by atoms with Crippen LogP contribution in [0.25, 0.3) is 11.2 Å². The number of aliphatic carboxylic acids is 1. The molecule has 39 heavy (non-hydrogen) atoms. The third-order valence-electron chi connectivity index (χ3n) is 5.75. The van der Waals surface area contributed by atoms with E-state index in [-0.39, 0.29) is 48.5 Å². The van der Waals surface area contributed by atoms with Gasteiger partial charge in [0.15, 0.2) is 16.9 Å². The zero-order chi connectivity index (χ0) is 27.9. The summed E-state index contributed by atoms with van der Waals surface area (Å²) in [6.45, 7) is 0.234. The second kappa shape index (κ2) is 11.9. The fourth-order valence-corrected chi connectivity index (χ4v) is 3.77. The number of carbonyl (C=O) groups excluding carboxylic acids is 2. The molecule has 4 rings (SSSR count). The van der Waals surface area contributed by atoms with E-state index in [4.69, 9.17) is 16.6 Å². The number of ketones is 1. The highest BCUT2D eigenvalue weighted by Crippen LogP contribution is 2.13. The number of Topliss-reactive ketones (excluding diaryl/α,β-unsaturated/α-hetero) is 1. The maximum absolute atomic E-state index is 12.9. The molecular weight excluding hydrogens is 508 g/mol. The Bertz CT molecular complexity index is 1540.